The molecule has 0 N–H and O–H groups in total. The summed E-state index contributed by atoms with van der Waals surface area (Å²) >= 11 is 0. The van der Waals surface area contributed by atoms with Gasteiger partial charge in [-0.3, -0.25) is 9.59 Å². The van der Waals surface area contributed by atoms with Gasteiger partial charge in [0.05, 0.1) is 6.54 Å². The van der Waals surface area contributed by atoms with Crippen molar-refractivity contribution in [2.75, 3.05) is 13.1 Å². The van der Waals surface area contributed by atoms with E-state index in [1.165, 1.54) is 24.8 Å². The highest BCUT2D eigenvalue weighted by Crippen LogP contribution is 2.15. The van der Waals surface area contributed by atoms with Crippen molar-refractivity contribution in [2.45, 2.75) is 72.9 Å². The summed E-state index contributed by atoms with van der Waals surface area (Å²) < 4.78 is 2.04. The molecule has 1 aromatic heterocycles. The van der Waals surface area contributed by atoms with Crippen LogP contribution in [0.15, 0.2) is 42.6 Å². The minimum absolute atomic E-state index is 0.0156. The number of benzene rings is 1. The van der Waals surface area contributed by atoms with Crippen LogP contribution in [0.1, 0.15) is 75.5 Å². The minimum Gasteiger partial charge on any atom is -0.353 e. The molecule has 0 unspecified atom stereocenters. The van der Waals surface area contributed by atoms with Crippen LogP contribution in [0.5, 0.6) is 0 Å². The van der Waals surface area contributed by atoms with Gasteiger partial charge in [0.2, 0.25) is 5.91 Å². The number of unbranched alkanes of at least 4 members (excludes halogenated alkanes) is 2. The van der Waals surface area contributed by atoms with Gasteiger partial charge in [0, 0.05) is 37.1 Å². The highest BCUT2D eigenvalue weighted by atomic mass is 16.2. The molecular weight excluding hydrogens is 398 g/mol. The Labute approximate surface area is 194 Å². The van der Waals surface area contributed by atoms with Crippen molar-refractivity contribution in [3.8, 4) is 0 Å². The lowest BCUT2D eigenvalue weighted by Gasteiger charge is -2.31. The molecule has 0 spiro atoms. The lowest BCUT2D eigenvalue weighted by molar-refractivity contribution is -0.133. The van der Waals surface area contributed by atoms with Gasteiger partial charge in [-0.1, -0.05) is 45.7 Å². The average molecular weight is 440 g/mol. The normalized spacial score (nSPS) is 11.2. The third kappa shape index (κ3) is 7.54. The fourth-order valence-corrected chi connectivity index (χ4v) is 3.85. The second kappa shape index (κ2) is 12.5. The van der Waals surface area contributed by atoms with E-state index in [0.717, 1.165) is 12.1 Å². The van der Waals surface area contributed by atoms with Crippen LogP contribution in [0.25, 0.3) is 0 Å². The van der Waals surface area contributed by atoms with Gasteiger partial charge in [-0.15, -0.1) is 0 Å². The molecule has 0 aliphatic rings. The van der Waals surface area contributed by atoms with E-state index in [-0.39, 0.29) is 24.4 Å². The second-order valence-electron chi connectivity index (χ2n) is 9.46. The zero-order valence-electron chi connectivity index (χ0n) is 20.8. The predicted octanol–water partition coefficient (Wildman–Crippen LogP) is 5.29. The molecule has 0 aliphatic heterocycles. The highest BCUT2D eigenvalue weighted by Gasteiger charge is 2.25. The zero-order valence-corrected chi connectivity index (χ0v) is 20.8. The summed E-state index contributed by atoms with van der Waals surface area (Å²) in [5, 5.41) is 0. The Morgan fingerprint density at radius 1 is 1.00 bits per heavy atom. The van der Waals surface area contributed by atoms with Crippen LogP contribution < -0.4 is 0 Å². The Morgan fingerprint density at radius 3 is 2.22 bits per heavy atom. The summed E-state index contributed by atoms with van der Waals surface area (Å²) in [6, 6.07) is 11.9. The lowest BCUT2D eigenvalue weighted by atomic mass is 10.0. The SMILES string of the molecule is CCCCCc1ccc(C(=O)N(CC(=O)N(Cc2cccn2C)CC(C)C)C(C)C)cc1. The van der Waals surface area contributed by atoms with Crippen LogP contribution in [0, 0.1) is 5.92 Å². The van der Waals surface area contributed by atoms with E-state index in [9.17, 15) is 9.59 Å². The molecule has 2 rings (SSSR count). The molecule has 0 aliphatic carbocycles. The van der Waals surface area contributed by atoms with E-state index in [1.54, 1.807) is 4.90 Å². The molecule has 0 saturated carbocycles. The number of carbonyl (C=O) groups excluding carboxylic acids is 2. The molecule has 0 atom stereocenters. The van der Waals surface area contributed by atoms with E-state index >= 15 is 0 Å². The summed E-state index contributed by atoms with van der Waals surface area (Å²) in [6.07, 6.45) is 6.62. The Morgan fingerprint density at radius 2 is 1.69 bits per heavy atom. The number of rotatable bonds is 12. The van der Waals surface area contributed by atoms with Gasteiger partial charge < -0.3 is 14.4 Å². The molecule has 32 heavy (non-hydrogen) atoms. The number of aryl methyl sites for hydroxylation is 2. The number of hydrogen-bond donors (Lipinski definition) is 0. The first kappa shape index (κ1) is 25.7. The maximum atomic E-state index is 13.3. The van der Waals surface area contributed by atoms with Gasteiger partial charge in [-0.2, -0.15) is 0 Å². The Kier molecular flexibility index (Phi) is 10.0. The van der Waals surface area contributed by atoms with E-state index in [1.807, 2.05) is 73.0 Å². The van der Waals surface area contributed by atoms with E-state index in [0.29, 0.717) is 24.6 Å². The van der Waals surface area contributed by atoms with Crippen molar-refractivity contribution in [1.82, 2.24) is 14.4 Å². The summed E-state index contributed by atoms with van der Waals surface area (Å²) in [7, 11) is 1.99. The van der Waals surface area contributed by atoms with Gasteiger partial charge >= 0.3 is 0 Å². The smallest absolute Gasteiger partial charge is 0.254 e. The summed E-state index contributed by atoms with van der Waals surface area (Å²) in [4.78, 5) is 30.1. The molecule has 2 aromatic rings. The molecule has 0 radical (unpaired) electrons. The van der Waals surface area contributed by atoms with E-state index in [2.05, 4.69) is 20.8 Å². The van der Waals surface area contributed by atoms with Gasteiger partial charge in [0.15, 0.2) is 0 Å². The van der Waals surface area contributed by atoms with Crippen molar-refractivity contribution in [2.24, 2.45) is 13.0 Å². The number of carbonyl (C=O) groups is 2. The van der Waals surface area contributed by atoms with Gasteiger partial charge in [-0.05, 0) is 62.4 Å². The lowest BCUT2D eigenvalue weighted by Crippen LogP contribution is -2.46. The summed E-state index contributed by atoms with van der Waals surface area (Å²) in [6.45, 7) is 11.7. The molecule has 1 aromatic carbocycles. The van der Waals surface area contributed by atoms with Crippen LogP contribution in [0.3, 0.4) is 0 Å². The first-order chi connectivity index (χ1) is 15.2. The maximum Gasteiger partial charge on any atom is 0.254 e. The van der Waals surface area contributed by atoms with Crippen LogP contribution in [-0.4, -0.2) is 45.3 Å². The van der Waals surface area contributed by atoms with Crippen molar-refractivity contribution in [3.63, 3.8) is 0 Å². The predicted molar refractivity (Wildman–Crippen MR) is 132 cm³/mol. The third-order valence-corrected chi connectivity index (χ3v) is 5.80. The highest BCUT2D eigenvalue weighted by molar-refractivity contribution is 5.96. The van der Waals surface area contributed by atoms with E-state index in [4.69, 9.17) is 0 Å². The van der Waals surface area contributed by atoms with Gasteiger partial charge in [0.25, 0.3) is 5.91 Å². The molecular formula is C27H41N3O2. The van der Waals surface area contributed by atoms with Crippen LogP contribution in [-0.2, 0) is 24.8 Å². The molecule has 0 bridgehead atoms. The zero-order chi connectivity index (χ0) is 23.7. The van der Waals surface area contributed by atoms with Crippen molar-refractivity contribution in [1.29, 1.82) is 0 Å². The Balaban J connectivity index is 2.11. The topological polar surface area (TPSA) is 45.6 Å². The van der Waals surface area contributed by atoms with Crippen molar-refractivity contribution >= 4 is 11.8 Å². The molecule has 0 fully saturated rings. The number of nitrogens with zero attached hydrogens (tertiary/aromatic N) is 3. The first-order valence-corrected chi connectivity index (χ1v) is 12.0. The molecule has 1 heterocycles. The fraction of sp³-hybridized carbons (Fsp3) is 0.556. The molecule has 2 amide bonds. The quantitative estimate of drug-likeness (QED) is 0.422. The van der Waals surface area contributed by atoms with E-state index < -0.39 is 0 Å². The third-order valence-electron chi connectivity index (χ3n) is 5.80. The maximum absolute atomic E-state index is 13.3. The molecule has 176 valence electrons. The van der Waals surface area contributed by atoms with Crippen molar-refractivity contribution < 1.29 is 9.59 Å². The molecule has 5 nitrogen and oxygen atoms in total. The largest absolute Gasteiger partial charge is 0.353 e. The number of aromatic nitrogens is 1. The number of hydrogen-bond acceptors (Lipinski definition) is 2. The van der Waals surface area contributed by atoms with Crippen molar-refractivity contribution in [3.05, 3.63) is 59.4 Å². The second-order valence-corrected chi connectivity index (χ2v) is 9.46. The number of amides is 2. The summed E-state index contributed by atoms with van der Waals surface area (Å²) in [5.41, 5.74) is 2.98. The standard InChI is InChI=1S/C27H41N3O2/c1-7-8-9-11-23-13-15-24(16-14-23)27(32)30(22(4)5)20-26(31)29(18-21(2)3)19-25-12-10-17-28(25)6/h10,12-17,21-22H,7-9,11,18-20H2,1-6H3. The Hall–Kier alpha value is -2.56. The summed E-state index contributed by atoms with van der Waals surface area (Å²) in [5.74, 6) is 0.248. The minimum atomic E-state index is -0.0863. The van der Waals surface area contributed by atoms with Gasteiger partial charge in [-0.25, -0.2) is 0 Å². The van der Waals surface area contributed by atoms with Crippen LogP contribution >= 0.6 is 0 Å². The first-order valence-electron chi connectivity index (χ1n) is 12.0. The monoisotopic (exact) mass is 439 g/mol. The van der Waals surface area contributed by atoms with Gasteiger partial charge in [0.1, 0.15) is 6.54 Å². The van der Waals surface area contributed by atoms with Crippen LogP contribution in [0.2, 0.25) is 0 Å². The molecule has 5 heteroatoms. The fourth-order valence-electron chi connectivity index (χ4n) is 3.85. The molecule has 0 saturated heterocycles. The average Bonchev–Trinajstić information content (AvgIpc) is 3.15. The Bertz CT molecular complexity index is 852. The van der Waals surface area contributed by atoms with Crippen LogP contribution in [0.4, 0.5) is 0 Å².